The van der Waals surface area contributed by atoms with Crippen molar-refractivity contribution in [2.24, 2.45) is 0 Å². The lowest BCUT2D eigenvalue weighted by Crippen LogP contribution is -2.36. The zero-order chi connectivity index (χ0) is 15.9. The summed E-state index contributed by atoms with van der Waals surface area (Å²) in [4.78, 5) is 18.7. The number of nitrogens with one attached hydrogen (secondary N) is 2. The van der Waals surface area contributed by atoms with Gasteiger partial charge in [-0.05, 0) is 39.2 Å². The smallest absolute Gasteiger partial charge is 0.315 e. The Kier molecular flexibility index (Phi) is 6.00. The quantitative estimate of drug-likeness (QED) is 0.745. The van der Waals surface area contributed by atoms with Crippen molar-refractivity contribution < 1.29 is 9.90 Å². The van der Waals surface area contributed by atoms with Crippen molar-refractivity contribution in [1.82, 2.24) is 15.6 Å². The second kappa shape index (κ2) is 7.98. The van der Waals surface area contributed by atoms with Crippen LogP contribution in [0.3, 0.4) is 0 Å². The van der Waals surface area contributed by atoms with Crippen LogP contribution in [0.15, 0.2) is 12.1 Å². The van der Waals surface area contributed by atoms with Gasteiger partial charge in [0.15, 0.2) is 0 Å². The van der Waals surface area contributed by atoms with Gasteiger partial charge in [-0.15, -0.1) is 0 Å². The molecule has 0 saturated carbocycles. The number of carbonyl (C=O) groups excluding carboxylic acids is 1. The number of pyridine rings is 1. The molecular formula is C16H26N4O2. The van der Waals surface area contributed by atoms with Crippen molar-refractivity contribution in [1.29, 1.82) is 0 Å². The number of aryl methyl sites for hydroxylation is 1. The first-order valence-corrected chi connectivity index (χ1v) is 7.97. The third kappa shape index (κ3) is 4.87. The highest BCUT2D eigenvalue weighted by molar-refractivity contribution is 5.74. The first kappa shape index (κ1) is 16.5. The molecule has 1 unspecified atom stereocenters. The summed E-state index contributed by atoms with van der Waals surface area (Å²) in [5.41, 5.74) is 2.03. The van der Waals surface area contributed by atoms with Crippen LogP contribution in [-0.2, 0) is 6.54 Å². The van der Waals surface area contributed by atoms with E-state index in [9.17, 15) is 9.90 Å². The van der Waals surface area contributed by atoms with E-state index >= 15 is 0 Å². The van der Waals surface area contributed by atoms with Crippen LogP contribution in [0.2, 0.25) is 0 Å². The monoisotopic (exact) mass is 306 g/mol. The molecule has 0 aliphatic carbocycles. The van der Waals surface area contributed by atoms with Gasteiger partial charge in [-0.2, -0.15) is 0 Å². The van der Waals surface area contributed by atoms with Crippen LogP contribution < -0.4 is 15.5 Å². The van der Waals surface area contributed by atoms with E-state index in [1.54, 1.807) is 6.92 Å². The van der Waals surface area contributed by atoms with Crippen molar-refractivity contribution in [3.05, 3.63) is 23.4 Å². The number of rotatable bonds is 6. The van der Waals surface area contributed by atoms with E-state index in [2.05, 4.69) is 20.5 Å². The molecule has 1 aromatic heterocycles. The van der Waals surface area contributed by atoms with E-state index in [0.717, 1.165) is 30.2 Å². The summed E-state index contributed by atoms with van der Waals surface area (Å²) in [6, 6.07) is 3.79. The topological polar surface area (TPSA) is 77.5 Å². The van der Waals surface area contributed by atoms with Gasteiger partial charge in [-0.1, -0.05) is 6.07 Å². The van der Waals surface area contributed by atoms with Gasteiger partial charge in [0.05, 0.1) is 6.10 Å². The van der Waals surface area contributed by atoms with E-state index < -0.39 is 6.10 Å². The molecule has 2 heterocycles. The Labute approximate surface area is 131 Å². The molecule has 1 aromatic rings. The molecule has 1 saturated heterocycles. The third-order valence-corrected chi connectivity index (χ3v) is 3.79. The summed E-state index contributed by atoms with van der Waals surface area (Å²) < 4.78 is 0. The minimum absolute atomic E-state index is 0.214. The number of aliphatic hydroxyl groups excluding tert-OH is 1. The standard InChI is InChI=1S/C16H26N4O2/c1-12-5-6-14(15(19-12)20-9-3-4-10-20)11-18-16(22)17-8-7-13(2)21/h5-6,13,21H,3-4,7-11H2,1-2H3,(H2,17,18,22). The molecule has 0 bridgehead atoms. The van der Waals surface area contributed by atoms with E-state index in [0.29, 0.717) is 19.5 Å². The predicted octanol–water partition coefficient (Wildman–Crippen LogP) is 1.56. The number of aliphatic hydroxyl groups is 1. The molecule has 2 rings (SSSR count). The van der Waals surface area contributed by atoms with Gasteiger partial charge in [0.25, 0.3) is 0 Å². The van der Waals surface area contributed by atoms with Gasteiger partial charge in [0, 0.05) is 37.4 Å². The Hall–Kier alpha value is -1.82. The molecule has 6 heteroatoms. The molecule has 22 heavy (non-hydrogen) atoms. The third-order valence-electron chi connectivity index (χ3n) is 3.79. The summed E-state index contributed by atoms with van der Waals surface area (Å²) in [5.74, 6) is 0.988. The summed E-state index contributed by atoms with van der Waals surface area (Å²) >= 11 is 0. The van der Waals surface area contributed by atoms with Crippen molar-refractivity contribution >= 4 is 11.8 Å². The maximum absolute atomic E-state index is 11.8. The fraction of sp³-hybridized carbons (Fsp3) is 0.625. The van der Waals surface area contributed by atoms with E-state index in [-0.39, 0.29) is 6.03 Å². The number of carbonyl (C=O) groups is 1. The summed E-state index contributed by atoms with van der Waals surface area (Å²) in [6.45, 7) is 6.68. The molecule has 1 aliphatic heterocycles. The lowest BCUT2D eigenvalue weighted by molar-refractivity contribution is 0.183. The highest BCUT2D eigenvalue weighted by Crippen LogP contribution is 2.22. The number of urea groups is 1. The molecule has 0 spiro atoms. The Bertz CT molecular complexity index is 499. The first-order valence-electron chi connectivity index (χ1n) is 7.97. The molecule has 1 aliphatic rings. The van der Waals surface area contributed by atoms with Crippen LogP contribution in [0.4, 0.5) is 10.6 Å². The summed E-state index contributed by atoms with van der Waals surface area (Å²) in [6.07, 6.45) is 2.55. The van der Waals surface area contributed by atoms with Crippen molar-refractivity contribution in [3.8, 4) is 0 Å². The second-order valence-corrected chi connectivity index (χ2v) is 5.88. The normalized spacial score (nSPS) is 15.7. The summed E-state index contributed by atoms with van der Waals surface area (Å²) in [5, 5.41) is 14.8. The van der Waals surface area contributed by atoms with Crippen LogP contribution >= 0.6 is 0 Å². The lowest BCUT2D eigenvalue weighted by atomic mass is 10.2. The van der Waals surface area contributed by atoms with Crippen molar-refractivity contribution in [2.75, 3.05) is 24.5 Å². The number of nitrogens with zero attached hydrogens (tertiary/aromatic N) is 2. The molecule has 6 nitrogen and oxygen atoms in total. The molecular weight excluding hydrogens is 280 g/mol. The number of hydrogen-bond donors (Lipinski definition) is 3. The molecule has 3 N–H and O–H groups in total. The van der Waals surface area contributed by atoms with Gasteiger partial charge in [-0.3, -0.25) is 0 Å². The Balaban J connectivity index is 1.90. The Morgan fingerprint density at radius 2 is 2.09 bits per heavy atom. The van der Waals surface area contributed by atoms with Gasteiger partial charge in [0.1, 0.15) is 5.82 Å². The van der Waals surface area contributed by atoms with Crippen LogP contribution in [-0.4, -0.2) is 41.9 Å². The predicted molar refractivity (Wildman–Crippen MR) is 87.0 cm³/mol. The molecule has 2 amide bonds. The average molecular weight is 306 g/mol. The van der Waals surface area contributed by atoms with Crippen LogP contribution in [0.1, 0.15) is 37.4 Å². The minimum Gasteiger partial charge on any atom is -0.393 e. The van der Waals surface area contributed by atoms with Gasteiger partial charge in [0.2, 0.25) is 0 Å². The van der Waals surface area contributed by atoms with Crippen LogP contribution in [0.5, 0.6) is 0 Å². The minimum atomic E-state index is -0.400. The molecule has 1 fully saturated rings. The second-order valence-electron chi connectivity index (χ2n) is 5.88. The Morgan fingerprint density at radius 1 is 1.36 bits per heavy atom. The fourth-order valence-corrected chi connectivity index (χ4v) is 2.55. The maximum Gasteiger partial charge on any atom is 0.315 e. The van der Waals surface area contributed by atoms with Gasteiger partial charge in [-0.25, -0.2) is 9.78 Å². The Morgan fingerprint density at radius 3 is 2.77 bits per heavy atom. The first-order chi connectivity index (χ1) is 10.6. The van der Waals surface area contributed by atoms with Crippen molar-refractivity contribution in [3.63, 3.8) is 0 Å². The maximum atomic E-state index is 11.8. The average Bonchev–Trinajstić information content (AvgIpc) is 2.99. The van der Waals surface area contributed by atoms with E-state index in [4.69, 9.17) is 0 Å². The molecule has 122 valence electrons. The number of anilines is 1. The number of hydrogen-bond acceptors (Lipinski definition) is 4. The van der Waals surface area contributed by atoms with Crippen LogP contribution in [0.25, 0.3) is 0 Å². The van der Waals surface area contributed by atoms with Gasteiger partial charge >= 0.3 is 6.03 Å². The largest absolute Gasteiger partial charge is 0.393 e. The highest BCUT2D eigenvalue weighted by atomic mass is 16.3. The molecule has 0 aromatic carbocycles. The number of aromatic nitrogens is 1. The van der Waals surface area contributed by atoms with E-state index in [1.807, 2.05) is 19.1 Å². The SMILES string of the molecule is Cc1ccc(CNC(=O)NCCC(C)O)c(N2CCCC2)n1. The zero-order valence-electron chi connectivity index (χ0n) is 13.4. The van der Waals surface area contributed by atoms with E-state index in [1.165, 1.54) is 12.8 Å². The summed E-state index contributed by atoms with van der Waals surface area (Å²) in [7, 11) is 0. The molecule has 0 radical (unpaired) electrons. The highest BCUT2D eigenvalue weighted by Gasteiger charge is 2.17. The van der Waals surface area contributed by atoms with Crippen molar-refractivity contribution in [2.45, 2.75) is 45.8 Å². The van der Waals surface area contributed by atoms with Gasteiger partial charge < -0.3 is 20.6 Å². The number of amides is 2. The zero-order valence-corrected chi connectivity index (χ0v) is 13.4. The lowest BCUT2D eigenvalue weighted by Gasteiger charge is -2.21. The van der Waals surface area contributed by atoms with Crippen LogP contribution in [0, 0.1) is 6.92 Å². The molecule has 1 atom stereocenters. The fourth-order valence-electron chi connectivity index (χ4n) is 2.55.